The van der Waals surface area contributed by atoms with E-state index < -0.39 is 11.8 Å². The minimum absolute atomic E-state index is 0.0662. The molecule has 3 aromatic carbocycles. The average molecular weight is 579 g/mol. The number of hydrogen-bond acceptors (Lipinski definition) is 6. The third kappa shape index (κ3) is 4.86. The van der Waals surface area contributed by atoms with Gasteiger partial charge in [0.05, 0.1) is 36.1 Å². The van der Waals surface area contributed by atoms with E-state index in [2.05, 4.69) is 9.98 Å². The number of hydrogen-bond donors (Lipinski definition) is 2. The van der Waals surface area contributed by atoms with Crippen molar-refractivity contribution in [2.24, 2.45) is 9.98 Å². The number of halogens is 2. The highest BCUT2D eigenvalue weighted by Gasteiger charge is 2.20. The Labute approximate surface area is 236 Å². The van der Waals surface area contributed by atoms with Gasteiger partial charge in [0.15, 0.2) is 0 Å². The first-order valence-electron chi connectivity index (χ1n) is 11.7. The first kappa shape index (κ1) is 26.8. The van der Waals surface area contributed by atoms with Gasteiger partial charge in [0.1, 0.15) is 33.9 Å². The van der Waals surface area contributed by atoms with Crippen molar-refractivity contribution in [3.63, 3.8) is 0 Å². The number of benzene rings is 4. The first-order valence-corrected chi connectivity index (χ1v) is 12.4. The van der Waals surface area contributed by atoms with Crippen LogP contribution in [0.2, 0.25) is 10.0 Å². The van der Waals surface area contributed by atoms with Crippen molar-refractivity contribution in [1.82, 2.24) is 9.46 Å². The molecule has 3 aromatic rings. The average Bonchev–Trinajstić information content (AvgIpc) is 2.96. The van der Waals surface area contributed by atoms with Gasteiger partial charge in [0.2, 0.25) is 0 Å². The van der Waals surface area contributed by atoms with Crippen LogP contribution in [0.4, 0.5) is 0 Å². The molecule has 0 saturated heterocycles. The second-order valence-corrected chi connectivity index (χ2v) is 9.34. The molecule has 2 N–H and O–H groups in total. The minimum Gasteiger partial charge on any atom is -0.496 e. The van der Waals surface area contributed by atoms with Crippen LogP contribution < -0.4 is 20.2 Å². The summed E-state index contributed by atoms with van der Waals surface area (Å²) in [6, 6.07) is 18.2. The Bertz CT molecular complexity index is 1790. The lowest BCUT2D eigenvalue weighted by molar-refractivity contribution is 0.0983. The Balaban J connectivity index is 1.83. The van der Waals surface area contributed by atoms with Gasteiger partial charge >= 0.3 is 0 Å². The lowest BCUT2D eigenvalue weighted by atomic mass is 10.1. The summed E-state index contributed by atoms with van der Waals surface area (Å²) in [6.45, 7) is 0. The number of carbonyl (C=O) groups is 2. The highest BCUT2D eigenvalue weighted by Crippen LogP contribution is 2.26. The van der Waals surface area contributed by atoms with Crippen molar-refractivity contribution >= 4 is 46.0 Å². The summed E-state index contributed by atoms with van der Waals surface area (Å²) in [7, 11) is 2.79. The van der Waals surface area contributed by atoms with Crippen LogP contribution in [-0.2, 0) is 0 Å². The number of rotatable bonds is 4. The zero-order valence-electron chi connectivity index (χ0n) is 21.0. The Hall–Kier alpha value is -4.80. The molecule has 0 saturated carbocycles. The molecule has 0 aromatic heterocycles. The largest absolute Gasteiger partial charge is 0.496 e. The molecule has 0 spiro atoms. The minimum atomic E-state index is -0.745. The number of methoxy groups -OCH3 is 2. The topological polar surface area (TPSA) is 128 Å². The molecule has 1 aliphatic carbocycles. The van der Waals surface area contributed by atoms with Crippen molar-refractivity contribution in [1.29, 1.82) is 0 Å². The standard InChI is InChI=1S/C28H20Cl2N4O6/c1-39-25-9-7-15(29)11-17(25)27(35)31-19-13-23-24(34(38)22-6-4-3-5-21(22)33(23)37)14-20(19)32-28(36)18-12-16(30)8-10-26(18)40-2/h3-14,37-38H,1-2H3. The first-order chi connectivity index (χ1) is 19.2. The summed E-state index contributed by atoms with van der Waals surface area (Å²) in [6.07, 6.45) is 0. The van der Waals surface area contributed by atoms with Crippen molar-refractivity contribution in [3.8, 4) is 22.9 Å². The zero-order chi connectivity index (χ0) is 28.6. The number of amides is 2. The number of ether oxygens (including phenoxy) is 2. The number of nitrogens with zero attached hydrogens (tertiary/aromatic N) is 4. The Morgan fingerprint density at radius 1 is 0.675 bits per heavy atom. The third-order valence-electron chi connectivity index (χ3n) is 6.09. The maximum absolute atomic E-state index is 13.3. The molecule has 0 unspecified atom stereocenters. The summed E-state index contributed by atoms with van der Waals surface area (Å²) in [4.78, 5) is 35.0. The number of para-hydroxylation sites is 2. The fraction of sp³-hybridized carbons (Fsp3) is 0.0714. The van der Waals surface area contributed by atoms with E-state index in [9.17, 15) is 20.0 Å². The molecule has 2 aliphatic rings. The smallest absolute Gasteiger partial charge is 0.281 e. The number of carbonyl (C=O) groups excluding carboxylic acids is 2. The van der Waals surface area contributed by atoms with Crippen LogP contribution in [0.1, 0.15) is 20.7 Å². The van der Waals surface area contributed by atoms with Crippen LogP contribution in [0.25, 0.3) is 22.4 Å². The fourth-order valence-corrected chi connectivity index (χ4v) is 4.53. The molecule has 2 amide bonds. The molecule has 1 heterocycles. The predicted molar refractivity (Wildman–Crippen MR) is 147 cm³/mol. The highest BCUT2D eigenvalue weighted by atomic mass is 35.5. The summed E-state index contributed by atoms with van der Waals surface area (Å²) >= 11 is 12.2. The van der Waals surface area contributed by atoms with Gasteiger partial charge in [-0.25, -0.2) is 9.98 Å². The van der Waals surface area contributed by atoms with Gasteiger partial charge in [-0.2, -0.15) is 9.46 Å². The Morgan fingerprint density at radius 2 is 1.07 bits per heavy atom. The SMILES string of the molecule is COc1ccc(Cl)cc1C(=O)N=c1cc2n(O)c3ccccc3n(O)c-2cc1=NC(=O)c1cc(Cl)ccc1OC. The lowest BCUT2D eigenvalue weighted by Gasteiger charge is -2.17. The molecule has 5 rings (SSSR count). The fourth-order valence-electron chi connectivity index (χ4n) is 4.19. The molecule has 202 valence electrons. The number of aromatic nitrogens is 2. The highest BCUT2D eigenvalue weighted by molar-refractivity contribution is 6.31. The number of fused-ring (bicyclic) bond motifs is 2. The van der Waals surface area contributed by atoms with Crippen molar-refractivity contribution in [2.45, 2.75) is 0 Å². The molecule has 0 atom stereocenters. The van der Waals surface area contributed by atoms with Crippen molar-refractivity contribution < 1.29 is 29.5 Å². The van der Waals surface area contributed by atoms with E-state index in [1.165, 1.54) is 50.6 Å². The molecule has 0 radical (unpaired) electrons. The van der Waals surface area contributed by atoms with E-state index in [1.54, 1.807) is 36.4 Å². The van der Waals surface area contributed by atoms with Crippen LogP contribution >= 0.6 is 23.2 Å². The predicted octanol–water partition coefficient (Wildman–Crippen LogP) is 4.83. The van der Waals surface area contributed by atoms with Gasteiger partial charge in [-0.15, -0.1) is 0 Å². The van der Waals surface area contributed by atoms with Crippen LogP contribution in [0.3, 0.4) is 0 Å². The lowest BCUT2D eigenvalue weighted by Crippen LogP contribution is -2.31. The van der Waals surface area contributed by atoms with Gasteiger partial charge in [-0.05, 0) is 60.7 Å². The third-order valence-corrected chi connectivity index (χ3v) is 6.56. The maximum Gasteiger partial charge on any atom is 0.281 e. The van der Waals surface area contributed by atoms with Crippen molar-refractivity contribution in [2.75, 3.05) is 14.2 Å². The van der Waals surface area contributed by atoms with Crippen LogP contribution in [0.15, 0.2) is 82.8 Å². The quantitative estimate of drug-likeness (QED) is 0.232. The second kappa shape index (κ2) is 10.8. The molecule has 40 heavy (non-hydrogen) atoms. The molecule has 1 aliphatic heterocycles. The summed E-state index contributed by atoms with van der Waals surface area (Å²) in [5.74, 6) is -1.03. The van der Waals surface area contributed by atoms with Gasteiger partial charge in [0, 0.05) is 10.0 Å². The van der Waals surface area contributed by atoms with Crippen molar-refractivity contribution in [3.05, 3.63) is 105 Å². The summed E-state index contributed by atoms with van der Waals surface area (Å²) in [5, 5.41) is 22.4. The van der Waals surface area contributed by atoms with E-state index in [-0.39, 0.29) is 65.8 Å². The molecular weight excluding hydrogens is 559 g/mol. The van der Waals surface area contributed by atoms with E-state index in [0.717, 1.165) is 9.46 Å². The molecule has 0 fully saturated rings. The molecule has 10 nitrogen and oxygen atoms in total. The zero-order valence-corrected chi connectivity index (χ0v) is 22.5. The Morgan fingerprint density at radius 3 is 1.45 bits per heavy atom. The van der Waals surface area contributed by atoms with Crippen LogP contribution in [0, 0.1) is 0 Å². The monoisotopic (exact) mass is 578 g/mol. The van der Waals surface area contributed by atoms with E-state index >= 15 is 0 Å². The van der Waals surface area contributed by atoms with Gasteiger partial charge < -0.3 is 19.9 Å². The molecule has 12 heteroatoms. The second-order valence-electron chi connectivity index (χ2n) is 8.47. The van der Waals surface area contributed by atoms with Gasteiger partial charge in [-0.1, -0.05) is 35.3 Å². The summed E-state index contributed by atoms with van der Waals surface area (Å²) in [5.41, 5.74) is 0.842. The molecule has 0 bridgehead atoms. The van der Waals surface area contributed by atoms with Crippen LogP contribution in [-0.4, -0.2) is 45.9 Å². The maximum atomic E-state index is 13.3. The Kier molecular flexibility index (Phi) is 7.20. The van der Waals surface area contributed by atoms with E-state index in [1.807, 2.05) is 0 Å². The van der Waals surface area contributed by atoms with Gasteiger partial charge in [0.25, 0.3) is 11.8 Å². The molecular formula is C28H20Cl2N4O6. The van der Waals surface area contributed by atoms with E-state index in [0.29, 0.717) is 0 Å². The summed E-state index contributed by atoms with van der Waals surface area (Å²) < 4.78 is 12.2. The van der Waals surface area contributed by atoms with E-state index in [4.69, 9.17) is 32.7 Å². The van der Waals surface area contributed by atoms with Crippen LogP contribution in [0.5, 0.6) is 11.5 Å². The normalized spacial score (nSPS) is 12.2. The van der Waals surface area contributed by atoms with Gasteiger partial charge in [-0.3, -0.25) is 9.59 Å².